The summed E-state index contributed by atoms with van der Waals surface area (Å²) in [6, 6.07) is 0. The van der Waals surface area contributed by atoms with E-state index in [2.05, 4.69) is 26.5 Å². The van der Waals surface area contributed by atoms with Gasteiger partial charge in [0.05, 0.1) is 6.61 Å². The van der Waals surface area contributed by atoms with Crippen molar-refractivity contribution < 1.29 is 5.11 Å². The lowest BCUT2D eigenvalue weighted by molar-refractivity contribution is 0.323. The standard InChI is InChI=1S/C6H14S2.C2H6OS/c1-3-5-7-8-6-4-2;3-1-2-4/h3-6H2,1-2H3;3-4H,1-2H2. The molecule has 0 spiro atoms. The van der Waals surface area contributed by atoms with E-state index in [-0.39, 0.29) is 6.61 Å². The molecule has 0 aliphatic heterocycles. The average Bonchev–Trinajstić information content (AvgIpc) is 2.13. The molecule has 0 heterocycles. The van der Waals surface area contributed by atoms with Crippen LogP contribution in [0.4, 0.5) is 0 Å². The van der Waals surface area contributed by atoms with Crippen LogP contribution in [0.15, 0.2) is 0 Å². The van der Waals surface area contributed by atoms with Crippen LogP contribution in [-0.4, -0.2) is 29.0 Å². The van der Waals surface area contributed by atoms with Crippen molar-refractivity contribution >= 4 is 34.2 Å². The highest BCUT2D eigenvalue weighted by Crippen LogP contribution is 2.21. The van der Waals surface area contributed by atoms with Crippen molar-refractivity contribution in [2.45, 2.75) is 26.7 Å². The van der Waals surface area contributed by atoms with E-state index in [1.54, 1.807) is 0 Å². The maximum Gasteiger partial charge on any atom is 0.0519 e. The van der Waals surface area contributed by atoms with Crippen LogP contribution >= 0.6 is 34.2 Å². The van der Waals surface area contributed by atoms with E-state index < -0.39 is 0 Å². The Bertz CT molecular complexity index is 54.3. The van der Waals surface area contributed by atoms with E-state index in [4.69, 9.17) is 5.11 Å². The van der Waals surface area contributed by atoms with Crippen LogP contribution in [0.1, 0.15) is 26.7 Å². The second-order valence-electron chi connectivity index (χ2n) is 2.09. The molecule has 0 unspecified atom stereocenters. The minimum atomic E-state index is 0.184. The molecule has 0 aromatic heterocycles. The van der Waals surface area contributed by atoms with Gasteiger partial charge in [0.25, 0.3) is 0 Å². The fraction of sp³-hybridized carbons (Fsp3) is 1.00. The molecule has 0 saturated heterocycles. The Morgan fingerprint density at radius 2 is 1.42 bits per heavy atom. The fourth-order valence-electron chi connectivity index (χ4n) is 0.285. The van der Waals surface area contributed by atoms with E-state index >= 15 is 0 Å². The number of aliphatic hydroxyl groups is 1. The summed E-state index contributed by atoms with van der Waals surface area (Å²) in [5.41, 5.74) is 0. The van der Waals surface area contributed by atoms with Gasteiger partial charge < -0.3 is 5.11 Å². The number of rotatable bonds is 6. The van der Waals surface area contributed by atoms with Gasteiger partial charge in [-0.1, -0.05) is 35.4 Å². The monoisotopic (exact) mass is 228 g/mol. The third-order valence-electron chi connectivity index (χ3n) is 0.758. The zero-order valence-electron chi connectivity index (χ0n) is 7.95. The zero-order valence-corrected chi connectivity index (χ0v) is 10.5. The largest absolute Gasteiger partial charge is 0.396 e. The molecule has 0 aromatic carbocycles. The molecule has 12 heavy (non-hydrogen) atoms. The van der Waals surface area contributed by atoms with Crippen molar-refractivity contribution in [2.75, 3.05) is 23.9 Å². The Morgan fingerprint density at radius 1 is 1.08 bits per heavy atom. The van der Waals surface area contributed by atoms with Crippen molar-refractivity contribution in [1.29, 1.82) is 0 Å². The molecule has 0 aromatic rings. The molecule has 0 amide bonds. The predicted octanol–water partition coefficient (Wildman–Crippen LogP) is 3.10. The third-order valence-corrected chi connectivity index (χ3v) is 3.77. The van der Waals surface area contributed by atoms with Crippen LogP contribution in [-0.2, 0) is 0 Å². The van der Waals surface area contributed by atoms with Gasteiger partial charge in [-0.05, 0) is 12.8 Å². The molecule has 1 nitrogen and oxygen atoms in total. The lowest BCUT2D eigenvalue weighted by atomic mass is 10.6. The molecule has 0 aliphatic rings. The third kappa shape index (κ3) is 22.5. The first-order valence-corrected chi connectivity index (χ1v) is 7.41. The maximum absolute atomic E-state index is 7.80. The van der Waals surface area contributed by atoms with E-state index in [0.717, 1.165) is 0 Å². The van der Waals surface area contributed by atoms with Gasteiger partial charge in [-0.2, -0.15) is 12.6 Å². The van der Waals surface area contributed by atoms with Crippen molar-refractivity contribution in [1.82, 2.24) is 0 Å². The highest BCUT2D eigenvalue weighted by molar-refractivity contribution is 8.76. The fourth-order valence-corrected chi connectivity index (χ4v) is 2.56. The number of thiol groups is 1. The summed E-state index contributed by atoms with van der Waals surface area (Å²) in [6.45, 7) is 4.63. The van der Waals surface area contributed by atoms with Gasteiger partial charge in [0.15, 0.2) is 0 Å². The van der Waals surface area contributed by atoms with Crippen LogP contribution in [0.3, 0.4) is 0 Å². The first-order valence-electron chi connectivity index (χ1n) is 4.29. The highest BCUT2D eigenvalue weighted by atomic mass is 33.1. The summed E-state index contributed by atoms with van der Waals surface area (Å²) < 4.78 is 0. The van der Waals surface area contributed by atoms with Crippen LogP contribution in [0, 0.1) is 0 Å². The molecule has 0 radical (unpaired) electrons. The Kier molecular flexibility index (Phi) is 23.1. The number of hydrogen-bond acceptors (Lipinski definition) is 4. The zero-order chi connectivity index (χ0) is 9.66. The van der Waals surface area contributed by atoms with E-state index in [1.807, 2.05) is 21.6 Å². The lowest BCUT2D eigenvalue weighted by Crippen LogP contribution is -1.76. The molecular weight excluding hydrogens is 208 g/mol. The van der Waals surface area contributed by atoms with Crippen LogP contribution in [0.5, 0.6) is 0 Å². The van der Waals surface area contributed by atoms with Crippen LogP contribution in [0.25, 0.3) is 0 Å². The van der Waals surface area contributed by atoms with Crippen molar-refractivity contribution in [3.8, 4) is 0 Å². The molecular formula is C8H20OS3. The van der Waals surface area contributed by atoms with Gasteiger partial charge in [-0.15, -0.1) is 0 Å². The SMILES string of the molecule is CCCSSCCC.OCCS. The molecule has 0 rings (SSSR count). The Balaban J connectivity index is 0. The Morgan fingerprint density at radius 3 is 1.58 bits per heavy atom. The maximum atomic E-state index is 7.80. The average molecular weight is 228 g/mol. The molecule has 0 bridgehead atoms. The van der Waals surface area contributed by atoms with Crippen LogP contribution < -0.4 is 0 Å². The summed E-state index contributed by atoms with van der Waals surface area (Å²) in [4.78, 5) is 0. The van der Waals surface area contributed by atoms with E-state index in [1.165, 1.54) is 24.3 Å². The lowest BCUT2D eigenvalue weighted by Gasteiger charge is -1.93. The van der Waals surface area contributed by atoms with Crippen molar-refractivity contribution in [3.05, 3.63) is 0 Å². The first-order chi connectivity index (χ1) is 5.83. The molecule has 4 heteroatoms. The van der Waals surface area contributed by atoms with Crippen LogP contribution in [0.2, 0.25) is 0 Å². The van der Waals surface area contributed by atoms with Gasteiger partial charge in [0.1, 0.15) is 0 Å². The molecule has 76 valence electrons. The summed E-state index contributed by atoms with van der Waals surface area (Å²) in [5.74, 6) is 3.19. The predicted molar refractivity (Wildman–Crippen MR) is 66.4 cm³/mol. The first kappa shape index (κ1) is 15.5. The van der Waals surface area contributed by atoms with Gasteiger partial charge in [0, 0.05) is 17.3 Å². The molecule has 0 atom stereocenters. The number of hydrogen-bond donors (Lipinski definition) is 2. The molecule has 0 saturated carbocycles. The molecule has 1 N–H and O–H groups in total. The summed E-state index contributed by atoms with van der Waals surface area (Å²) in [6.07, 6.45) is 2.61. The molecule has 0 fully saturated rings. The van der Waals surface area contributed by atoms with Crippen molar-refractivity contribution in [3.63, 3.8) is 0 Å². The second kappa shape index (κ2) is 17.9. The van der Waals surface area contributed by atoms with E-state index in [0.29, 0.717) is 5.75 Å². The number of aliphatic hydroxyl groups excluding tert-OH is 1. The van der Waals surface area contributed by atoms with Gasteiger partial charge in [-0.3, -0.25) is 0 Å². The minimum absolute atomic E-state index is 0.184. The smallest absolute Gasteiger partial charge is 0.0519 e. The second-order valence-corrected chi connectivity index (χ2v) is 5.24. The summed E-state index contributed by atoms with van der Waals surface area (Å²) in [7, 11) is 3.99. The minimum Gasteiger partial charge on any atom is -0.396 e. The molecule has 0 aliphatic carbocycles. The van der Waals surface area contributed by atoms with Gasteiger partial charge >= 0.3 is 0 Å². The quantitative estimate of drug-likeness (QED) is 0.414. The Labute approximate surface area is 89.9 Å². The normalized spacial score (nSPS) is 9.00. The van der Waals surface area contributed by atoms with E-state index in [9.17, 15) is 0 Å². The van der Waals surface area contributed by atoms with Crippen molar-refractivity contribution in [2.24, 2.45) is 0 Å². The van der Waals surface area contributed by atoms with Gasteiger partial charge in [0.2, 0.25) is 0 Å². The highest BCUT2D eigenvalue weighted by Gasteiger charge is 1.83. The summed E-state index contributed by atoms with van der Waals surface area (Å²) >= 11 is 3.67. The topological polar surface area (TPSA) is 20.2 Å². The summed E-state index contributed by atoms with van der Waals surface area (Å²) in [5, 5.41) is 7.80. The van der Waals surface area contributed by atoms with Gasteiger partial charge in [-0.25, -0.2) is 0 Å². The Hall–Kier alpha value is 1.01.